The van der Waals surface area contributed by atoms with E-state index in [1.165, 1.54) is 17.7 Å². The third kappa shape index (κ3) is 3.78. The lowest BCUT2D eigenvalue weighted by Crippen LogP contribution is -2.37. The lowest BCUT2D eigenvalue weighted by Gasteiger charge is -2.26. The van der Waals surface area contributed by atoms with Gasteiger partial charge in [-0.1, -0.05) is 0 Å². The Hall–Kier alpha value is -2.15. The molecule has 0 spiro atoms. The SMILES string of the molecule is Cc1nn(C)c(C)c1CN(C(=O)Cn1nccc1[C@@H]1CCCNC1)C1CC1. The predicted molar refractivity (Wildman–Crippen MR) is 103 cm³/mol. The number of carbonyl (C=O) groups excluding carboxylic acids is 1. The third-order valence-electron chi connectivity index (χ3n) is 6.04. The zero-order chi connectivity index (χ0) is 19.0. The highest BCUT2D eigenvalue weighted by molar-refractivity contribution is 5.76. The molecule has 2 fully saturated rings. The fraction of sp³-hybridized carbons (Fsp3) is 0.650. The lowest BCUT2D eigenvalue weighted by atomic mass is 9.96. The molecule has 27 heavy (non-hydrogen) atoms. The van der Waals surface area contributed by atoms with Crippen LogP contribution in [0.5, 0.6) is 0 Å². The van der Waals surface area contributed by atoms with E-state index in [0.29, 0.717) is 25.0 Å². The van der Waals surface area contributed by atoms with E-state index in [0.717, 1.165) is 43.7 Å². The fourth-order valence-electron chi connectivity index (χ4n) is 4.17. The molecule has 1 aliphatic carbocycles. The predicted octanol–water partition coefficient (Wildman–Crippen LogP) is 1.89. The Morgan fingerprint density at radius 2 is 2.15 bits per heavy atom. The van der Waals surface area contributed by atoms with Crippen LogP contribution in [0.4, 0.5) is 0 Å². The Bertz CT molecular complexity index is 813. The Kier molecular flexibility index (Phi) is 5.04. The molecule has 4 rings (SSSR count). The smallest absolute Gasteiger partial charge is 0.244 e. The Labute approximate surface area is 160 Å². The van der Waals surface area contributed by atoms with Crippen LogP contribution in [0.15, 0.2) is 12.3 Å². The number of nitrogens with zero attached hydrogens (tertiary/aromatic N) is 5. The minimum Gasteiger partial charge on any atom is -0.334 e. The lowest BCUT2D eigenvalue weighted by molar-refractivity contribution is -0.133. The van der Waals surface area contributed by atoms with Crippen molar-refractivity contribution in [2.45, 2.75) is 64.6 Å². The van der Waals surface area contributed by atoms with Gasteiger partial charge in [-0.2, -0.15) is 10.2 Å². The maximum Gasteiger partial charge on any atom is 0.244 e. The highest BCUT2D eigenvalue weighted by Crippen LogP contribution is 2.30. The largest absolute Gasteiger partial charge is 0.334 e. The second-order valence-corrected chi connectivity index (χ2v) is 7.98. The summed E-state index contributed by atoms with van der Waals surface area (Å²) in [4.78, 5) is 15.2. The molecular weight excluding hydrogens is 340 g/mol. The van der Waals surface area contributed by atoms with Crippen molar-refractivity contribution in [3.05, 3.63) is 34.9 Å². The van der Waals surface area contributed by atoms with Crippen molar-refractivity contribution in [3.8, 4) is 0 Å². The van der Waals surface area contributed by atoms with Gasteiger partial charge in [0.15, 0.2) is 0 Å². The molecule has 146 valence electrons. The molecule has 2 aromatic heterocycles. The molecule has 1 saturated heterocycles. The van der Waals surface area contributed by atoms with E-state index in [-0.39, 0.29) is 5.91 Å². The molecular formula is C20H30N6O. The third-order valence-corrected chi connectivity index (χ3v) is 6.04. The first-order valence-corrected chi connectivity index (χ1v) is 10.1. The Morgan fingerprint density at radius 3 is 2.78 bits per heavy atom. The van der Waals surface area contributed by atoms with E-state index in [1.54, 1.807) is 0 Å². The number of nitrogens with one attached hydrogen (secondary N) is 1. The monoisotopic (exact) mass is 370 g/mol. The van der Waals surface area contributed by atoms with Crippen LogP contribution in [0, 0.1) is 13.8 Å². The minimum atomic E-state index is 0.161. The van der Waals surface area contributed by atoms with Crippen LogP contribution in [0.3, 0.4) is 0 Å². The number of carbonyl (C=O) groups is 1. The number of amides is 1. The number of rotatable bonds is 6. The number of piperidine rings is 1. The second kappa shape index (κ2) is 7.46. The van der Waals surface area contributed by atoms with Crippen molar-refractivity contribution < 1.29 is 4.79 Å². The van der Waals surface area contributed by atoms with Crippen molar-refractivity contribution in [1.82, 2.24) is 29.8 Å². The average Bonchev–Trinajstić information content (AvgIpc) is 3.34. The highest BCUT2D eigenvalue weighted by Gasteiger charge is 2.34. The molecule has 0 aromatic carbocycles. The van der Waals surface area contributed by atoms with Gasteiger partial charge in [-0.25, -0.2) is 0 Å². The van der Waals surface area contributed by atoms with E-state index in [1.807, 2.05) is 34.4 Å². The maximum absolute atomic E-state index is 13.2. The molecule has 1 amide bonds. The van der Waals surface area contributed by atoms with E-state index >= 15 is 0 Å². The summed E-state index contributed by atoms with van der Waals surface area (Å²) in [6.07, 6.45) is 6.37. The normalized spacial score (nSPS) is 20.0. The number of aryl methyl sites for hydroxylation is 2. The van der Waals surface area contributed by atoms with Gasteiger partial charge >= 0.3 is 0 Å². The first-order chi connectivity index (χ1) is 13.0. The van der Waals surface area contributed by atoms with Gasteiger partial charge in [0, 0.05) is 55.2 Å². The van der Waals surface area contributed by atoms with Gasteiger partial charge in [-0.3, -0.25) is 14.2 Å². The van der Waals surface area contributed by atoms with Crippen LogP contribution in [0.1, 0.15) is 54.2 Å². The molecule has 0 unspecified atom stereocenters. The van der Waals surface area contributed by atoms with Crippen molar-refractivity contribution in [1.29, 1.82) is 0 Å². The summed E-state index contributed by atoms with van der Waals surface area (Å²) in [6.45, 7) is 7.14. The topological polar surface area (TPSA) is 68.0 Å². The molecule has 2 aromatic rings. The zero-order valence-corrected chi connectivity index (χ0v) is 16.6. The summed E-state index contributed by atoms with van der Waals surface area (Å²) in [5.74, 6) is 0.611. The first-order valence-electron chi connectivity index (χ1n) is 10.1. The maximum atomic E-state index is 13.2. The molecule has 2 aliphatic rings. The molecule has 3 heterocycles. The van der Waals surface area contributed by atoms with Crippen molar-refractivity contribution in [2.75, 3.05) is 13.1 Å². The molecule has 0 bridgehead atoms. The van der Waals surface area contributed by atoms with E-state index in [2.05, 4.69) is 28.5 Å². The first kappa shape index (κ1) is 18.2. The van der Waals surface area contributed by atoms with Crippen molar-refractivity contribution >= 4 is 5.91 Å². The number of aromatic nitrogens is 4. The molecule has 7 heteroatoms. The van der Waals surface area contributed by atoms with Crippen LogP contribution < -0.4 is 5.32 Å². The van der Waals surface area contributed by atoms with E-state index < -0.39 is 0 Å². The Morgan fingerprint density at radius 1 is 1.33 bits per heavy atom. The second-order valence-electron chi connectivity index (χ2n) is 7.98. The number of hydrogen-bond donors (Lipinski definition) is 1. The highest BCUT2D eigenvalue weighted by atomic mass is 16.2. The standard InChI is InChI=1S/C20H30N6O/c1-14-18(15(2)24(3)23-14)12-25(17-6-7-17)20(27)13-26-19(8-10-22-26)16-5-4-9-21-11-16/h8,10,16-17,21H,4-7,9,11-13H2,1-3H3/t16-/m1/s1. The summed E-state index contributed by atoms with van der Waals surface area (Å²) in [5.41, 5.74) is 4.51. The van der Waals surface area contributed by atoms with Crippen molar-refractivity contribution in [3.63, 3.8) is 0 Å². The minimum absolute atomic E-state index is 0.161. The summed E-state index contributed by atoms with van der Waals surface area (Å²) >= 11 is 0. The molecule has 7 nitrogen and oxygen atoms in total. The van der Waals surface area contributed by atoms with Crippen LogP contribution in [-0.2, 0) is 24.9 Å². The van der Waals surface area contributed by atoms with Crippen LogP contribution in [-0.4, -0.2) is 49.5 Å². The quantitative estimate of drug-likeness (QED) is 0.843. The van der Waals surface area contributed by atoms with Crippen LogP contribution in [0.2, 0.25) is 0 Å². The van der Waals surface area contributed by atoms with Gasteiger partial charge in [-0.15, -0.1) is 0 Å². The summed E-state index contributed by atoms with van der Waals surface area (Å²) in [6, 6.07) is 2.44. The van der Waals surface area contributed by atoms with Gasteiger partial charge < -0.3 is 10.2 Å². The zero-order valence-electron chi connectivity index (χ0n) is 16.6. The van der Waals surface area contributed by atoms with Gasteiger partial charge in [0.2, 0.25) is 5.91 Å². The van der Waals surface area contributed by atoms with Gasteiger partial charge in [-0.05, 0) is 52.1 Å². The Balaban J connectivity index is 1.50. The van der Waals surface area contributed by atoms with Crippen LogP contribution in [0.25, 0.3) is 0 Å². The van der Waals surface area contributed by atoms with Gasteiger partial charge in [0.1, 0.15) is 6.54 Å². The van der Waals surface area contributed by atoms with E-state index in [9.17, 15) is 4.79 Å². The van der Waals surface area contributed by atoms with E-state index in [4.69, 9.17) is 0 Å². The van der Waals surface area contributed by atoms with Gasteiger partial charge in [0.25, 0.3) is 0 Å². The molecule has 1 atom stereocenters. The summed E-state index contributed by atoms with van der Waals surface area (Å²) in [7, 11) is 1.96. The fourth-order valence-corrected chi connectivity index (χ4v) is 4.17. The molecule has 1 N–H and O–H groups in total. The summed E-state index contributed by atoms with van der Waals surface area (Å²) < 4.78 is 3.82. The molecule has 0 radical (unpaired) electrons. The molecule has 1 aliphatic heterocycles. The van der Waals surface area contributed by atoms with Crippen LogP contribution >= 0.6 is 0 Å². The molecule has 1 saturated carbocycles. The van der Waals surface area contributed by atoms with Crippen molar-refractivity contribution in [2.24, 2.45) is 7.05 Å². The average molecular weight is 371 g/mol. The summed E-state index contributed by atoms with van der Waals surface area (Å²) in [5, 5.41) is 12.4. The van der Waals surface area contributed by atoms with Gasteiger partial charge in [0.05, 0.1) is 5.69 Å². The number of hydrogen-bond acceptors (Lipinski definition) is 4.